The van der Waals surface area contributed by atoms with E-state index in [4.69, 9.17) is 9.47 Å². The number of methoxy groups -OCH3 is 1. The molecule has 0 aromatic heterocycles. The molecule has 0 radical (unpaired) electrons. The molecule has 1 saturated carbocycles. The Bertz CT molecular complexity index is 1240. The SMILES string of the molecule is COc1ccc(N2C[C@H](C(=O)Oc3cccc(N4C(=O)[C@H]5[C@H](C4=O)[C@H]4C=C[C@H]5C4)c3)CC2=O)cc1. The lowest BCUT2D eigenvalue weighted by atomic mass is 9.85. The van der Waals surface area contributed by atoms with Crippen molar-refractivity contribution in [1.82, 2.24) is 0 Å². The van der Waals surface area contributed by atoms with Gasteiger partial charge in [0.25, 0.3) is 0 Å². The summed E-state index contributed by atoms with van der Waals surface area (Å²) in [5.74, 6) is -1.09. The number of fused-ring (bicyclic) bond motifs is 5. The molecule has 0 unspecified atom stereocenters. The van der Waals surface area contributed by atoms with Gasteiger partial charge in [0.05, 0.1) is 30.6 Å². The highest BCUT2D eigenvalue weighted by atomic mass is 16.5. The molecule has 2 aromatic carbocycles. The number of amides is 3. The van der Waals surface area contributed by atoms with E-state index in [1.54, 1.807) is 60.5 Å². The van der Waals surface area contributed by atoms with Crippen molar-refractivity contribution in [2.75, 3.05) is 23.5 Å². The van der Waals surface area contributed by atoms with Gasteiger partial charge in [-0.1, -0.05) is 18.2 Å². The maximum absolute atomic E-state index is 13.1. The maximum Gasteiger partial charge on any atom is 0.316 e. The monoisotopic (exact) mass is 472 g/mol. The first-order valence-electron chi connectivity index (χ1n) is 11.8. The van der Waals surface area contributed by atoms with Crippen LogP contribution in [0.3, 0.4) is 0 Å². The molecule has 3 fully saturated rings. The van der Waals surface area contributed by atoms with Crippen molar-refractivity contribution in [3.05, 3.63) is 60.7 Å². The van der Waals surface area contributed by atoms with Gasteiger partial charge in [0.2, 0.25) is 17.7 Å². The van der Waals surface area contributed by atoms with Crippen LogP contribution in [0.2, 0.25) is 0 Å². The topological polar surface area (TPSA) is 93.2 Å². The highest BCUT2D eigenvalue weighted by Gasteiger charge is 2.59. The molecular weight excluding hydrogens is 448 g/mol. The van der Waals surface area contributed by atoms with Gasteiger partial charge in [0.1, 0.15) is 11.5 Å². The van der Waals surface area contributed by atoms with Crippen LogP contribution in [-0.4, -0.2) is 37.3 Å². The number of hydrogen-bond donors (Lipinski definition) is 0. The molecule has 2 aliphatic carbocycles. The van der Waals surface area contributed by atoms with Crippen molar-refractivity contribution in [3.8, 4) is 11.5 Å². The number of carbonyl (C=O) groups is 4. The van der Waals surface area contributed by atoms with Crippen LogP contribution in [0.25, 0.3) is 0 Å². The van der Waals surface area contributed by atoms with Gasteiger partial charge in [-0.15, -0.1) is 0 Å². The van der Waals surface area contributed by atoms with Gasteiger partial charge in [-0.05, 0) is 54.7 Å². The Morgan fingerprint density at radius 1 is 0.886 bits per heavy atom. The third-order valence-corrected chi connectivity index (χ3v) is 7.61. The van der Waals surface area contributed by atoms with Crippen LogP contribution in [0.5, 0.6) is 11.5 Å². The molecule has 2 aromatic rings. The van der Waals surface area contributed by atoms with Crippen molar-refractivity contribution in [2.45, 2.75) is 12.8 Å². The predicted molar refractivity (Wildman–Crippen MR) is 126 cm³/mol. The van der Waals surface area contributed by atoms with E-state index in [0.29, 0.717) is 17.1 Å². The lowest BCUT2D eigenvalue weighted by Gasteiger charge is -2.18. The van der Waals surface area contributed by atoms with Crippen LogP contribution in [0.4, 0.5) is 11.4 Å². The number of esters is 1. The van der Waals surface area contributed by atoms with Crippen LogP contribution in [-0.2, 0) is 19.2 Å². The zero-order valence-electron chi connectivity index (χ0n) is 19.1. The van der Waals surface area contributed by atoms with Gasteiger partial charge < -0.3 is 14.4 Å². The first-order chi connectivity index (χ1) is 16.9. The van der Waals surface area contributed by atoms with Gasteiger partial charge in [0.15, 0.2) is 0 Å². The Labute approximate surface area is 202 Å². The lowest BCUT2D eigenvalue weighted by molar-refractivity contribution is -0.139. The van der Waals surface area contributed by atoms with Crippen molar-refractivity contribution < 1.29 is 28.7 Å². The number of allylic oxidation sites excluding steroid dienone is 2. The van der Waals surface area contributed by atoms with Crippen LogP contribution in [0.1, 0.15) is 12.8 Å². The first kappa shape index (κ1) is 21.6. The van der Waals surface area contributed by atoms with Gasteiger partial charge in [0, 0.05) is 24.7 Å². The standard InChI is InChI=1S/C27H24N2O6/c1-34-20-9-7-18(8-10-20)28-14-17(12-22(28)30)27(33)35-21-4-2-3-19(13-21)29-25(31)23-15-5-6-16(11-15)24(23)26(29)32/h2-10,13,15-17,23-24H,11-12,14H2,1H3/t15-,16-,17+,23+,24+/m0/s1. The van der Waals surface area contributed by atoms with E-state index >= 15 is 0 Å². The molecule has 8 heteroatoms. The minimum absolute atomic E-state index is 0.0484. The second-order valence-corrected chi connectivity index (χ2v) is 9.53. The summed E-state index contributed by atoms with van der Waals surface area (Å²) in [5, 5.41) is 0. The van der Waals surface area contributed by atoms with Crippen LogP contribution in [0, 0.1) is 29.6 Å². The fourth-order valence-corrected chi connectivity index (χ4v) is 5.92. The number of ether oxygens (including phenoxy) is 2. The van der Waals surface area contributed by atoms with Gasteiger partial charge in [-0.25, -0.2) is 4.90 Å². The zero-order chi connectivity index (χ0) is 24.3. The van der Waals surface area contributed by atoms with E-state index in [9.17, 15) is 19.2 Å². The van der Waals surface area contributed by atoms with Crippen LogP contribution >= 0.6 is 0 Å². The van der Waals surface area contributed by atoms with Gasteiger partial charge >= 0.3 is 5.97 Å². The number of benzene rings is 2. The molecule has 8 nitrogen and oxygen atoms in total. The van der Waals surface area contributed by atoms with E-state index < -0.39 is 11.9 Å². The molecule has 2 heterocycles. The quantitative estimate of drug-likeness (QED) is 0.288. The summed E-state index contributed by atoms with van der Waals surface area (Å²) in [5.41, 5.74) is 1.09. The zero-order valence-corrected chi connectivity index (χ0v) is 19.1. The van der Waals surface area contributed by atoms with Crippen molar-refractivity contribution >= 4 is 35.1 Å². The molecule has 35 heavy (non-hydrogen) atoms. The normalized spacial score (nSPS) is 28.7. The summed E-state index contributed by atoms with van der Waals surface area (Å²) in [4.78, 5) is 54.4. The molecule has 178 valence electrons. The van der Waals surface area contributed by atoms with E-state index in [2.05, 4.69) is 12.2 Å². The molecule has 3 amide bonds. The average Bonchev–Trinajstić information content (AvgIpc) is 3.63. The molecule has 2 bridgehead atoms. The Hall–Kier alpha value is -3.94. The maximum atomic E-state index is 13.1. The number of anilines is 2. The summed E-state index contributed by atoms with van der Waals surface area (Å²) < 4.78 is 10.7. The van der Waals surface area contributed by atoms with E-state index in [1.165, 1.54) is 4.90 Å². The van der Waals surface area contributed by atoms with Gasteiger partial charge in [-0.2, -0.15) is 0 Å². The number of nitrogens with zero attached hydrogens (tertiary/aromatic N) is 2. The fraction of sp³-hybridized carbons (Fsp3) is 0.333. The van der Waals surface area contributed by atoms with Crippen molar-refractivity contribution in [3.63, 3.8) is 0 Å². The number of hydrogen-bond acceptors (Lipinski definition) is 6. The lowest BCUT2D eigenvalue weighted by Crippen LogP contribution is -2.32. The van der Waals surface area contributed by atoms with Crippen LogP contribution < -0.4 is 19.3 Å². The summed E-state index contributed by atoms with van der Waals surface area (Å²) in [6.45, 7) is 0.214. The molecule has 0 N–H and O–H groups in total. The summed E-state index contributed by atoms with van der Waals surface area (Å²) in [6.07, 6.45) is 5.02. The van der Waals surface area contributed by atoms with Crippen LogP contribution in [0.15, 0.2) is 60.7 Å². The molecule has 5 atom stereocenters. The largest absolute Gasteiger partial charge is 0.497 e. The second-order valence-electron chi connectivity index (χ2n) is 9.53. The minimum atomic E-state index is -0.621. The fourth-order valence-electron chi connectivity index (χ4n) is 5.92. The number of carbonyl (C=O) groups excluding carboxylic acids is 4. The second kappa shape index (κ2) is 8.08. The molecule has 0 spiro atoms. The minimum Gasteiger partial charge on any atom is -0.497 e. The average molecular weight is 472 g/mol. The molecule has 6 rings (SSSR count). The summed E-state index contributed by atoms with van der Waals surface area (Å²) in [7, 11) is 1.57. The molecule has 4 aliphatic rings. The Morgan fingerprint density at radius 3 is 2.23 bits per heavy atom. The highest BCUT2D eigenvalue weighted by molar-refractivity contribution is 6.22. The molecular formula is C27H24N2O6. The first-order valence-corrected chi connectivity index (χ1v) is 11.8. The highest BCUT2D eigenvalue weighted by Crippen LogP contribution is 2.53. The Kier molecular flexibility index (Phi) is 4.98. The van der Waals surface area contributed by atoms with E-state index in [1.807, 2.05) is 0 Å². The summed E-state index contributed by atoms with van der Waals surface area (Å²) >= 11 is 0. The third-order valence-electron chi connectivity index (χ3n) is 7.61. The predicted octanol–water partition coefficient (Wildman–Crippen LogP) is 2.97. The molecule has 2 saturated heterocycles. The smallest absolute Gasteiger partial charge is 0.316 e. The van der Waals surface area contributed by atoms with Gasteiger partial charge in [-0.3, -0.25) is 19.2 Å². The van der Waals surface area contributed by atoms with E-state index in [0.717, 1.165) is 6.42 Å². The number of rotatable bonds is 5. The summed E-state index contributed by atoms with van der Waals surface area (Å²) in [6, 6.07) is 13.5. The number of imide groups is 1. The third kappa shape index (κ3) is 3.43. The molecule has 2 aliphatic heterocycles. The Morgan fingerprint density at radius 2 is 1.57 bits per heavy atom. The van der Waals surface area contributed by atoms with Crippen molar-refractivity contribution in [1.29, 1.82) is 0 Å². The Balaban J connectivity index is 1.15. The van der Waals surface area contributed by atoms with E-state index in [-0.39, 0.29) is 60.1 Å². The van der Waals surface area contributed by atoms with Crippen molar-refractivity contribution in [2.24, 2.45) is 29.6 Å².